The van der Waals surface area contributed by atoms with Crippen LogP contribution in [0.2, 0.25) is 10.0 Å². The van der Waals surface area contributed by atoms with E-state index >= 15 is 4.39 Å². The van der Waals surface area contributed by atoms with E-state index in [4.69, 9.17) is 27.9 Å². The average Bonchev–Trinajstić information content (AvgIpc) is 3.83. The molecule has 0 unspecified atom stereocenters. The molecule has 2 aliphatic rings. The Morgan fingerprint density at radius 2 is 1.55 bits per heavy atom. The number of sulfonamides is 1. The minimum Gasteiger partial charge on any atom is -0.493 e. The number of piperidine rings is 1. The molecule has 1 aliphatic carbocycles. The van der Waals surface area contributed by atoms with Crippen molar-refractivity contribution in [2.45, 2.75) is 44.3 Å². The number of hydrogen-bond donors (Lipinski definition) is 0. The zero-order valence-electron chi connectivity index (χ0n) is 25.0. The summed E-state index contributed by atoms with van der Waals surface area (Å²) in [4.78, 5) is 30.3. The predicted molar refractivity (Wildman–Crippen MR) is 167 cm³/mol. The highest BCUT2D eigenvalue weighted by molar-refractivity contribution is 7.88. The van der Waals surface area contributed by atoms with Crippen LogP contribution in [-0.4, -0.2) is 61.8 Å². The monoisotopic (exact) mass is 716 g/mol. The molecule has 3 aromatic carbocycles. The molecule has 15 heteroatoms. The molecule has 0 radical (unpaired) electrons. The Balaban J connectivity index is 1.19. The van der Waals surface area contributed by atoms with Gasteiger partial charge in [0.05, 0.1) is 18.4 Å². The van der Waals surface area contributed by atoms with Gasteiger partial charge >= 0.3 is 18.1 Å². The topological polar surface area (TPSA) is 93.2 Å². The summed E-state index contributed by atoms with van der Waals surface area (Å²) in [5.41, 5.74) is 2.65. The van der Waals surface area contributed by atoms with E-state index in [0.717, 1.165) is 61.3 Å². The molecule has 0 aromatic heterocycles. The number of carbonyl (C=O) groups is 2. The number of amides is 1. The molecule has 5 rings (SSSR count). The summed E-state index contributed by atoms with van der Waals surface area (Å²) in [7, 11) is -4.85. The summed E-state index contributed by atoms with van der Waals surface area (Å²) in [6.45, 7) is 2.67. The molecule has 1 aliphatic heterocycles. The minimum atomic E-state index is -5.59. The van der Waals surface area contributed by atoms with Crippen LogP contribution in [0, 0.1) is 11.7 Å². The SMILES string of the molecule is CS(=O)(=O)N(OC(=O)C(F)(F)F)C(=O)c1cc(C2CC2)c(OCC2CCN(Cc3ccc(-c4cc(Cl)cc(Cl)c4)cc3)CC2)cc1F. The van der Waals surface area contributed by atoms with E-state index in [1.54, 1.807) is 6.07 Å². The van der Waals surface area contributed by atoms with Crippen LogP contribution in [0.15, 0.2) is 54.6 Å². The van der Waals surface area contributed by atoms with Crippen molar-refractivity contribution < 1.29 is 45.1 Å². The maximum atomic E-state index is 15.2. The van der Waals surface area contributed by atoms with Gasteiger partial charge in [-0.2, -0.15) is 13.2 Å². The van der Waals surface area contributed by atoms with E-state index in [1.807, 2.05) is 24.3 Å². The van der Waals surface area contributed by atoms with Gasteiger partial charge in [0.25, 0.3) is 10.0 Å². The lowest BCUT2D eigenvalue weighted by Crippen LogP contribution is -2.42. The maximum Gasteiger partial charge on any atom is 0.493 e. The fraction of sp³-hybridized carbons (Fsp3) is 0.375. The van der Waals surface area contributed by atoms with Crippen LogP contribution in [0.3, 0.4) is 0 Å². The fourth-order valence-electron chi connectivity index (χ4n) is 5.36. The van der Waals surface area contributed by atoms with E-state index in [1.165, 1.54) is 0 Å². The van der Waals surface area contributed by atoms with Gasteiger partial charge in [0.15, 0.2) is 0 Å². The molecule has 0 atom stereocenters. The van der Waals surface area contributed by atoms with Gasteiger partial charge in [-0.05, 0) is 97.1 Å². The molecule has 1 saturated heterocycles. The Kier molecular flexibility index (Phi) is 10.4. The van der Waals surface area contributed by atoms with Crippen molar-refractivity contribution in [3.63, 3.8) is 0 Å². The lowest BCUT2D eigenvalue weighted by molar-refractivity contribution is -0.216. The van der Waals surface area contributed by atoms with Gasteiger partial charge in [0.1, 0.15) is 11.6 Å². The van der Waals surface area contributed by atoms with Gasteiger partial charge in [-0.1, -0.05) is 51.9 Å². The van der Waals surface area contributed by atoms with Crippen LogP contribution in [0.25, 0.3) is 11.1 Å². The molecule has 1 amide bonds. The average molecular weight is 718 g/mol. The molecule has 47 heavy (non-hydrogen) atoms. The smallest absolute Gasteiger partial charge is 0.493 e. The summed E-state index contributed by atoms with van der Waals surface area (Å²) in [6.07, 6.45) is -2.20. The fourth-order valence-corrected chi connectivity index (χ4v) is 6.49. The Bertz CT molecular complexity index is 1740. The third-order valence-corrected chi connectivity index (χ3v) is 9.23. The van der Waals surface area contributed by atoms with E-state index in [9.17, 15) is 31.2 Å². The van der Waals surface area contributed by atoms with Gasteiger partial charge in [0, 0.05) is 22.7 Å². The van der Waals surface area contributed by atoms with Gasteiger partial charge in [0.2, 0.25) is 0 Å². The number of nitrogens with zero attached hydrogens (tertiary/aromatic N) is 2. The first kappa shape index (κ1) is 34.9. The van der Waals surface area contributed by atoms with E-state index in [2.05, 4.69) is 21.9 Å². The largest absolute Gasteiger partial charge is 0.493 e. The third kappa shape index (κ3) is 8.95. The van der Waals surface area contributed by atoms with Crippen molar-refractivity contribution in [2.75, 3.05) is 26.0 Å². The van der Waals surface area contributed by atoms with Crippen molar-refractivity contribution in [3.8, 4) is 16.9 Å². The first-order valence-electron chi connectivity index (χ1n) is 14.7. The summed E-state index contributed by atoms with van der Waals surface area (Å²) in [6, 6.07) is 15.6. The highest BCUT2D eigenvalue weighted by Crippen LogP contribution is 2.45. The van der Waals surface area contributed by atoms with Crippen LogP contribution in [-0.2, 0) is 26.2 Å². The highest BCUT2D eigenvalue weighted by Gasteiger charge is 2.46. The van der Waals surface area contributed by atoms with Crippen LogP contribution >= 0.6 is 23.2 Å². The Morgan fingerprint density at radius 1 is 0.936 bits per heavy atom. The maximum absolute atomic E-state index is 15.2. The first-order chi connectivity index (χ1) is 22.1. The molecule has 8 nitrogen and oxygen atoms in total. The molecule has 2 fully saturated rings. The van der Waals surface area contributed by atoms with Crippen molar-refractivity contribution in [2.24, 2.45) is 5.92 Å². The number of alkyl halides is 3. The molecular weight excluding hydrogens is 687 g/mol. The number of benzene rings is 3. The van der Waals surface area contributed by atoms with Gasteiger partial charge in [-0.15, -0.1) is 0 Å². The molecule has 252 valence electrons. The number of halogens is 6. The predicted octanol–water partition coefficient (Wildman–Crippen LogP) is 7.39. The standard InChI is InChI=1S/C32H30Cl2F4N2O6S/c1-47(43,44)40(46-31(42)32(36,37)38)30(41)27-15-26(22-6-7-22)29(16-28(27)35)45-18-20-8-10-39(11-9-20)17-19-2-4-21(5-3-19)23-12-24(33)14-25(34)13-23/h2-5,12-16,20,22H,6-11,17-18H2,1H3. The quantitative estimate of drug-likeness (QED) is 0.168. The lowest BCUT2D eigenvalue weighted by Gasteiger charge is -2.32. The second-order valence-corrected chi connectivity index (χ2v) is 14.4. The molecule has 1 saturated carbocycles. The van der Waals surface area contributed by atoms with Crippen molar-refractivity contribution in [1.29, 1.82) is 0 Å². The van der Waals surface area contributed by atoms with Crippen molar-refractivity contribution >= 4 is 45.1 Å². The highest BCUT2D eigenvalue weighted by atomic mass is 35.5. The van der Waals surface area contributed by atoms with Crippen LogP contribution in [0.1, 0.15) is 53.1 Å². The second-order valence-electron chi connectivity index (χ2n) is 11.7. The zero-order valence-corrected chi connectivity index (χ0v) is 27.4. The number of hydrogen-bond acceptors (Lipinski definition) is 7. The summed E-state index contributed by atoms with van der Waals surface area (Å²) < 4.78 is 82.6. The Hall–Kier alpha value is -3.39. The summed E-state index contributed by atoms with van der Waals surface area (Å²) >= 11 is 12.3. The molecule has 0 N–H and O–H groups in total. The van der Waals surface area contributed by atoms with Crippen molar-refractivity contribution in [1.82, 2.24) is 9.37 Å². The number of likely N-dealkylation sites (tertiary alicyclic amines) is 1. The zero-order chi connectivity index (χ0) is 34.1. The number of hydroxylamine groups is 1. The molecular formula is C32H30Cl2F4N2O6S. The Labute approximate surface area is 279 Å². The van der Waals surface area contributed by atoms with E-state index in [-0.39, 0.29) is 24.2 Å². The van der Waals surface area contributed by atoms with Crippen LogP contribution in [0.5, 0.6) is 5.75 Å². The minimum absolute atomic E-state index is 0.106. The third-order valence-electron chi connectivity index (χ3n) is 7.95. The summed E-state index contributed by atoms with van der Waals surface area (Å²) in [5.74, 6) is -5.71. The number of carbonyl (C=O) groups excluding carboxylic acids is 2. The van der Waals surface area contributed by atoms with Gasteiger partial charge in [-0.3, -0.25) is 9.69 Å². The second kappa shape index (κ2) is 14.0. The Morgan fingerprint density at radius 3 is 2.11 bits per heavy atom. The molecule has 0 spiro atoms. The van der Waals surface area contributed by atoms with Crippen molar-refractivity contribution in [3.05, 3.63) is 87.2 Å². The molecule has 0 bridgehead atoms. The van der Waals surface area contributed by atoms with Gasteiger partial charge < -0.3 is 9.57 Å². The van der Waals surface area contributed by atoms with Gasteiger partial charge in [-0.25, -0.2) is 17.6 Å². The summed E-state index contributed by atoms with van der Waals surface area (Å²) in [5, 5.41) is 1.13. The molecule has 1 heterocycles. The van der Waals surface area contributed by atoms with Crippen LogP contribution in [0.4, 0.5) is 17.6 Å². The normalized spacial score (nSPS) is 16.1. The first-order valence-corrected chi connectivity index (χ1v) is 17.3. The molecule has 3 aromatic rings. The van der Waals surface area contributed by atoms with E-state index in [0.29, 0.717) is 34.7 Å². The van der Waals surface area contributed by atoms with Crippen LogP contribution < -0.4 is 4.74 Å². The van der Waals surface area contributed by atoms with E-state index < -0.39 is 43.9 Å². The lowest BCUT2D eigenvalue weighted by atomic mass is 9.97. The number of rotatable bonds is 9. The number of ether oxygens (including phenoxy) is 1.